The van der Waals surface area contributed by atoms with E-state index < -0.39 is 5.97 Å². The number of H-pyrrole nitrogens is 2. The fourth-order valence-electron chi connectivity index (χ4n) is 9.66. The van der Waals surface area contributed by atoms with Crippen molar-refractivity contribution >= 4 is 63.9 Å². The molecule has 3 aliphatic rings. The number of hydrogen-bond donors (Lipinski definition) is 2. The Labute approximate surface area is 403 Å². The molecule has 9 aromatic rings. The van der Waals surface area contributed by atoms with Crippen molar-refractivity contribution in [3.63, 3.8) is 0 Å². The van der Waals surface area contributed by atoms with Crippen LogP contribution in [0.2, 0.25) is 0 Å². The maximum atomic E-state index is 13.7. The van der Waals surface area contributed by atoms with Crippen molar-refractivity contribution < 1.29 is 19.1 Å². The summed E-state index contributed by atoms with van der Waals surface area (Å²) in [7, 11) is 0. The van der Waals surface area contributed by atoms with Crippen LogP contribution in [0.15, 0.2) is 164 Å². The first-order chi connectivity index (χ1) is 34.1. The fraction of sp³-hybridized carbons (Fsp3) is 0.0484. The molecule has 0 radical (unpaired) electrons. The van der Waals surface area contributed by atoms with E-state index in [1.807, 2.05) is 12.1 Å². The zero-order valence-corrected chi connectivity index (χ0v) is 38.4. The molecule has 12 rings (SSSR count). The Hall–Kier alpha value is -9.27. The standard InChI is InChI=1S/C62H42N4O4/c1-35-8-14-38(15-9-35)56-48-26-28-50(63-48)57(39-16-10-36(2)11-17-39)52-30-32-54(65-52)59(55-33-31-53(66-55)58(51-29-27-49(56)64-51)40-18-12-37(3)13-19-40)41-20-23-43(24-21-41)70-62(69)42-22-25-46-47(34-42)61(68)45-7-5-4-6-44(45)60(46)67/h4-34,63,66H,1-3H3. The van der Waals surface area contributed by atoms with Crippen molar-refractivity contribution in [1.29, 1.82) is 0 Å². The van der Waals surface area contributed by atoms with Crippen LogP contribution in [0.3, 0.4) is 0 Å². The number of carbonyl (C=O) groups excluding carboxylic acids is 3. The maximum Gasteiger partial charge on any atom is 0.343 e. The number of nitrogens with one attached hydrogen (secondary N) is 2. The fourth-order valence-corrected chi connectivity index (χ4v) is 9.66. The first kappa shape index (κ1) is 42.1. The van der Waals surface area contributed by atoms with E-state index in [0.717, 1.165) is 100 Å². The molecule has 8 bridgehead atoms. The molecule has 0 amide bonds. The number of nitrogens with zero attached hydrogens (tertiary/aromatic N) is 2. The van der Waals surface area contributed by atoms with Gasteiger partial charge in [0.05, 0.1) is 28.3 Å². The number of fused-ring (bicyclic) bond motifs is 10. The summed E-state index contributed by atoms with van der Waals surface area (Å²) in [5, 5.41) is 0. The minimum absolute atomic E-state index is 0.161. The molecule has 0 saturated heterocycles. The van der Waals surface area contributed by atoms with Crippen LogP contribution in [0, 0.1) is 20.8 Å². The van der Waals surface area contributed by atoms with Crippen LogP contribution in [-0.2, 0) is 0 Å². The topological polar surface area (TPSA) is 118 Å². The smallest absolute Gasteiger partial charge is 0.343 e. The number of ketones is 2. The summed E-state index contributed by atoms with van der Waals surface area (Å²) < 4.78 is 5.91. The van der Waals surface area contributed by atoms with E-state index in [1.165, 1.54) is 23.8 Å². The van der Waals surface area contributed by atoms with Crippen molar-refractivity contribution in [3.8, 4) is 50.3 Å². The molecule has 2 N–H and O–H groups in total. The van der Waals surface area contributed by atoms with Crippen molar-refractivity contribution in [3.05, 3.63) is 231 Å². The Bertz CT molecular complexity index is 3870. The average molecular weight is 907 g/mol. The molecule has 334 valence electrons. The molecule has 70 heavy (non-hydrogen) atoms. The first-order valence-corrected chi connectivity index (χ1v) is 23.2. The normalized spacial score (nSPS) is 12.5. The van der Waals surface area contributed by atoms with Gasteiger partial charge in [0.2, 0.25) is 0 Å². The molecule has 2 aliphatic heterocycles. The molecule has 0 saturated carbocycles. The summed E-state index contributed by atoms with van der Waals surface area (Å²) in [6.45, 7) is 6.27. The van der Waals surface area contributed by atoms with Crippen LogP contribution in [0.25, 0.3) is 90.9 Å². The van der Waals surface area contributed by atoms with Gasteiger partial charge in [0, 0.05) is 66.6 Å². The van der Waals surface area contributed by atoms with Gasteiger partial charge in [-0.2, -0.15) is 0 Å². The van der Waals surface area contributed by atoms with E-state index in [0.29, 0.717) is 16.9 Å². The molecule has 8 heteroatoms. The predicted molar refractivity (Wildman–Crippen MR) is 280 cm³/mol. The highest BCUT2D eigenvalue weighted by atomic mass is 16.5. The van der Waals surface area contributed by atoms with E-state index in [9.17, 15) is 14.4 Å². The molecule has 6 aromatic carbocycles. The molecule has 0 fully saturated rings. The number of rotatable bonds is 6. The van der Waals surface area contributed by atoms with Gasteiger partial charge in [0.15, 0.2) is 11.6 Å². The number of aromatic nitrogens is 4. The number of ether oxygens (including phenoxy) is 1. The number of carbonyl (C=O) groups is 3. The zero-order chi connectivity index (χ0) is 47.6. The Morgan fingerprint density at radius 3 is 1.13 bits per heavy atom. The van der Waals surface area contributed by atoms with Crippen molar-refractivity contribution in [1.82, 2.24) is 19.9 Å². The predicted octanol–water partition coefficient (Wildman–Crippen LogP) is 14.2. The van der Waals surface area contributed by atoms with Crippen LogP contribution < -0.4 is 4.74 Å². The van der Waals surface area contributed by atoms with Crippen LogP contribution >= 0.6 is 0 Å². The zero-order valence-electron chi connectivity index (χ0n) is 38.4. The van der Waals surface area contributed by atoms with E-state index in [1.54, 1.807) is 36.4 Å². The lowest BCUT2D eigenvalue weighted by Crippen LogP contribution is -2.21. The minimum atomic E-state index is -0.651. The van der Waals surface area contributed by atoms with Crippen molar-refractivity contribution in [2.24, 2.45) is 0 Å². The second kappa shape index (κ2) is 16.8. The van der Waals surface area contributed by atoms with E-state index >= 15 is 0 Å². The average Bonchev–Trinajstić information content (AvgIpc) is 4.24. The van der Waals surface area contributed by atoms with Gasteiger partial charge >= 0.3 is 5.97 Å². The Balaban J connectivity index is 1.04. The maximum absolute atomic E-state index is 13.7. The highest BCUT2D eigenvalue weighted by Gasteiger charge is 2.30. The Morgan fingerprint density at radius 2 is 0.743 bits per heavy atom. The summed E-state index contributed by atoms with van der Waals surface area (Å²) in [5.74, 6) is -0.901. The van der Waals surface area contributed by atoms with Crippen LogP contribution in [-0.4, -0.2) is 37.5 Å². The molecule has 0 spiro atoms. The third-order valence-electron chi connectivity index (χ3n) is 13.3. The molecule has 3 aromatic heterocycles. The Morgan fingerprint density at radius 1 is 0.400 bits per heavy atom. The molecule has 1 aliphatic carbocycles. The third-order valence-corrected chi connectivity index (χ3v) is 13.3. The molecule has 0 atom stereocenters. The summed E-state index contributed by atoms with van der Waals surface area (Å²) in [6.07, 6.45) is 8.32. The Kier molecular flexibility index (Phi) is 10.1. The molecular formula is C62H42N4O4. The number of hydrogen-bond acceptors (Lipinski definition) is 6. The SMILES string of the molecule is Cc1ccc(-c2c3nc(c(-c4ccc(C)cc4)c4ccc([nH]4)c(-c4ccc(OC(=O)c5ccc6c(c5)C(=O)c5ccccc5C6=O)cc4)c4nc(c(-c5ccc(C)cc5)c5ccc2[nH]5)C=C4)C=C3)cc1. The second-order valence-corrected chi connectivity index (χ2v) is 18.0. The van der Waals surface area contributed by atoms with Gasteiger partial charge in [0.25, 0.3) is 0 Å². The van der Waals surface area contributed by atoms with E-state index in [-0.39, 0.29) is 28.3 Å². The largest absolute Gasteiger partial charge is 0.423 e. The lowest BCUT2D eigenvalue weighted by molar-refractivity contribution is 0.0734. The molecule has 8 nitrogen and oxygen atoms in total. The van der Waals surface area contributed by atoms with Gasteiger partial charge < -0.3 is 14.7 Å². The van der Waals surface area contributed by atoms with Crippen LogP contribution in [0.4, 0.5) is 0 Å². The second-order valence-electron chi connectivity index (χ2n) is 18.0. The van der Waals surface area contributed by atoms with Gasteiger partial charge in [-0.3, -0.25) is 9.59 Å². The minimum Gasteiger partial charge on any atom is -0.423 e. The van der Waals surface area contributed by atoms with Gasteiger partial charge in [0.1, 0.15) is 5.75 Å². The number of aromatic amines is 2. The van der Waals surface area contributed by atoms with Gasteiger partial charge in [-0.05, 0) is 122 Å². The third kappa shape index (κ3) is 7.39. The van der Waals surface area contributed by atoms with Crippen molar-refractivity contribution in [2.75, 3.05) is 0 Å². The molecular weight excluding hydrogens is 865 g/mol. The lowest BCUT2D eigenvalue weighted by atomic mass is 9.83. The summed E-state index contributed by atoms with van der Waals surface area (Å²) in [6, 6.07) is 52.6. The molecule has 0 unspecified atom stereocenters. The van der Waals surface area contributed by atoms with Crippen LogP contribution in [0.5, 0.6) is 5.75 Å². The van der Waals surface area contributed by atoms with Gasteiger partial charge in [-0.15, -0.1) is 0 Å². The van der Waals surface area contributed by atoms with Gasteiger partial charge in [-0.1, -0.05) is 126 Å². The highest BCUT2D eigenvalue weighted by molar-refractivity contribution is 6.28. The van der Waals surface area contributed by atoms with E-state index in [2.05, 4.69) is 152 Å². The summed E-state index contributed by atoms with van der Waals surface area (Å²) >= 11 is 0. The summed E-state index contributed by atoms with van der Waals surface area (Å²) in [4.78, 5) is 58.8. The van der Waals surface area contributed by atoms with E-state index in [4.69, 9.17) is 14.7 Å². The summed E-state index contributed by atoms with van der Waals surface area (Å²) in [5.41, 5.74) is 19.2. The quantitative estimate of drug-likeness (QED) is 0.127. The number of esters is 1. The molecule has 5 heterocycles. The van der Waals surface area contributed by atoms with Crippen molar-refractivity contribution in [2.45, 2.75) is 20.8 Å². The monoisotopic (exact) mass is 906 g/mol. The first-order valence-electron chi connectivity index (χ1n) is 23.2. The van der Waals surface area contributed by atoms with Gasteiger partial charge in [-0.25, -0.2) is 14.8 Å². The number of aryl methyl sites for hydroxylation is 3. The lowest BCUT2D eigenvalue weighted by Gasteiger charge is -2.17. The number of benzene rings is 6. The highest BCUT2D eigenvalue weighted by Crippen LogP contribution is 2.39. The van der Waals surface area contributed by atoms with Crippen LogP contribution in [0.1, 0.15) is 81.7 Å².